The van der Waals surface area contributed by atoms with E-state index in [4.69, 9.17) is 4.74 Å². The highest BCUT2D eigenvalue weighted by atomic mass is 16.5. The first kappa shape index (κ1) is 18.0. The molecule has 28 heavy (non-hydrogen) atoms. The van der Waals surface area contributed by atoms with E-state index < -0.39 is 5.72 Å². The van der Waals surface area contributed by atoms with Gasteiger partial charge in [-0.05, 0) is 43.9 Å². The van der Waals surface area contributed by atoms with Crippen molar-refractivity contribution >= 4 is 11.8 Å². The smallest absolute Gasteiger partial charge is 0.258 e. The zero-order valence-corrected chi connectivity index (χ0v) is 16.5. The topological polar surface area (TPSA) is 61.9 Å². The number of carbonyl (C=O) groups is 2. The SMILES string of the molecule is CCN1CCN(C(=O)[C@H]2C[C@H]3CC[C@H]2C[C@@]32NC(=O)c3ccccc3O2)CC1. The Kier molecular flexibility index (Phi) is 4.34. The molecule has 1 spiro atoms. The Labute approximate surface area is 166 Å². The summed E-state index contributed by atoms with van der Waals surface area (Å²) in [5.41, 5.74) is -0.0255. The Hall–Kier alpha value is -2.08. The van der Waals surface area contributed by atoms with Crippen molar-refractivity contribution in [3.63, 3.8) is 0 Å². The summed E-state index contributed by atoms with van der Waals surface area (Å²) in [6.45, 7) is 6.86. The van der Waals surface area contributed by atoms with E-state index in [1.807, 2.05) is 18.2 Å². The highest BCUT2D eigenvalue weighted by Gasteiger charge is 2.57. The molecule has 1 saturated heterocycles. The quantitative estimate of drug-likeness (QED) is 0.850. The van der Waals surface area contributed by atoms with Crippen molar-refractivity contribution in [2.75, 3.05) is 32.7 Å². The maximum atomic E-state index is 13.3. The number of benzene rings is 1. The van der Waals surface area contributed by atoms with Gasteiger partial charge in [-0.3, -0.25) is 9.59 Å². The Balaban J connectivity index is 1.32. The Bertz CT molecular complexity index is 789. The normalized spacial score (nSPS) is 34.7. The van der Waals surface area contributed by atoms with Crippen LogP contribution in [0.2, 0.25) is 0 Å². The zero-order valence-electron chi connectivity index (χ0n) is 16.5. The fourth-order valence-corrected chi connectivity index (χ4v) is 5.78. The third kappa shape index (κ3) is 2.81. The van der Waals surface area contributed by atoms with E-state index >= 15 is 0 Å². The molecule has 3 aliphatic carbocycles. The maximum Gasteiger partial charge on any atom is 0.258 e. The highest BCUT2D eigenvalue weighted by molar-refractivity contribution is 5.98. The van der Waals surface area contributed by atoms with Crippen molar-refractivity contribution in [3.05, 3.63) is 29.8 Å². The molecule has 150 valence electrons. The van der Waals surface area contributed by atoms with E-state index in [-0.39, 0.29) is 23.7 Å². The van der Waals surface area contributed by atoms with Crippen molar-refractivity contribution in [1.82, 2.24) is 15.1 Å². The van der Waals surface area contributed by atoms with Gasteiger partial charge in [-0.15, -0.1) is 0 Å². The standard InChI is InChI=1S/C22H29N3O3/c1-2-24-9-11-25(12-10-24)21(27)18-13-16-8-7-15(18)14-22(16)23-20(26)17-5-3-4-6-19(17)28-22/h3-6,15-16,18H,2,7-14H2,1H3,(H,23,26)/t15-,16+,18-,22-/m0/s1. The largest absolute Gasteiger partial charge is 0.467 e. The molecule has 0 unspecified atom stereocenters. The number of fused-ring (bicyclic) bond motifs is 3. The Morgan fingerprint density at radius 1 is 1.21 bits per heavy atom. The Morgan fingerprint density at radius 2 is 2.00 bits per heavy atom. The lowest BCUT2D eigenvalue weighted by atomic mass is 9.59. The number of nitrogens with zero attached hydrogens (tertiary/aromatic N) is 2. The van der Waals surface area contributed by atoms with Gasteiger partial charge in [-0.25, -0.2) is 0 Å². The molecule has 1 aromatic carbocycles. The second-order valence-electron chi connectivity index (χ2n) is 8.78. The first-order valence-corrected chi connectivity index (χ1v) is 10.7. The molecule has 0 aromatic heterocycles. The number of hydrogen-bond donors (Lipinski definition) is 1. The molecule has 5 aliphatic rings. The van der Waals surface area contributed by atoms with Crippen molar-refractivity contribution in [1.29, 1.82) is 0 Å². The van der Waals surface area contributed by atoms with E-state index in [2.05, 4.69) is 22.0 Å². The lowest BCUT2D eigenvalue weighted by Crippen LogP contribution is -2.67. The third-order valence-electron chi connectivity index (χ3n) is 7.42. The minimum Gasteiger partial charge on any atom is -0.467 e. The molecule has 1 N–H and O–H groups in total. The summed E-state index contributed by atoms with van der Waals surface area (Å²) < 4.78 is 6.40. The summed E-state index contributed by atoms with van der Waals surface area (Å²) in [6, 6.07) is 7.46. The minimum absolute atomic E-state index is 0.0482. The van der Waals surface area contributed by atoms with Gasteiger partial charge in [-0.1, -0.05) is 19.1 Å². The first-order chi connectivity index (χ1) is 13.6. The molecule has 6 nitrogen and oxygen atoms in total. The van der Waals surface area contributed by atoms with Crippen molar-refractivity contribution < 1.29 is 14.3 Å². The summed E-state index contributed by atoms with van der Waals surface area (Å²) in [5, 5.41) is 3.18. The number of carbonyl (C=O) groups excluding carboxylic acids is 2. The molecule has 6 rings (SSSR count). The van der Waals surface area contributed by atoms with Crippen LogP contribution in [-0.2, 0) is 4.79 Å². The van der Waals surface area contributed by atoms with Crippen LogP contribution >= 0.6 is 0 Å². The van der Waals surface area contributed by atoms with Crippen LogP contribution in [0.25, 0.3) is 0 Å². The van der Waals surface area contributed by atoms with Crippen molar-refractivity contribution in [2.45, 2.75) is 38.3 Å². The van der Waals surface area contributed by atoms with Crippen LogP contribution < -0.4 is 10.1 Å². The number of nitrogens with one attached hydrogen (secondary N) is 1. The molecule has 1 aromatic rings. The summed E-state index contributed by atoms with van der Waals surface area (Å²) in [4.78, 5) is 30.4. The second kappa shape index (κ2) is 6.76. The van der Waals surface area contributed by atoms with E-state index in [1.165, 1.54) is 0 Å². The average molecular weight is 383 g/mol. The van der Waals surface area contributed by atoms with Crippen LogP contribution in [0.3, 0.4) is 0 Å². The lowest BCUT2D eigenvalue weighted by Gasteiger charge is -2.55. The van der Waals surface area contributed by atoms with Crippen LogP contribution in [0.4, 0.5) is 0 Å². The van der Waals surface area contributed by atoms with Crippen LogP contribution in [-0.4, -0.2) is 60.1 Å². The van der Waals surface area contributed by atoms with Gasteiger partial charge >= 0.3 is 0 Å². The summed E-state index contributed by atoms with van der Waals surface area (Å²) >= 11 is 0. The number of para-hydroxylation sites is 1. The first-order valence-electron chi connectivity index (χ1n) is 10.7. The van der Waals surface area contributed by atoms with Crippen molar-refractivity contribution in [2.24, 2.45) is 17.8 Å². The number of hydrogen-bond acceptors (Lipinski definition) is 4. The van der Waals surface area contributed by atoms with Gasteiger partial charge in [0.2, 0.25) is 5.91 Å². The summed E-state index contributed by atoms with van der Waals surface area (Å²) in [7, 11) is 0. The molecule has 3 saturated carbocycles. The maximum absolute atomic E-state index is 13.3. The van der Waals surface area contributed by atoms with Gasteiger partial charge in [0.25, 0.3) is 5.91 Å². The van der Waals surface area contributed by atoms with Crippen LogP contribution in [0.5, 0.6) is 5.75 Å². The van der Waals surface area contributed by atoms with Gasteiger partial charge in [0.15, 0.2) is 5.72 Å². The fraction of sp³-hybridized carbons (Fsp3) is 0.636. The molecule has 4 atom stereocenters. The van der Waals surface area contributed by atoms with Crippen LogP contribution in [0.1, 0.15) is 43.0 Å². The number of likely N-dealkylation sites (N-methyl/N-ethyl adjacent to an activating group) is 1. The zero-order chi connectivity index (χ0) is 19.3. The number of ether oxygens (including phenoxy) is 1. The highest BCUT2D eigenvalue weighted by Crippen LogP contribution is 2.52. The van der Waals surface area contributed by atoms with Gasteiger partial charge in [-0.2, -0.15) is 0 Å². The van der Waals surface area contributed by atoms with Crippen LogP contribution in [0.15, 0.2) is 24.3 Å². The molecule has 6 heteroatoms. The number of rotatable bonds is 2. The molecule has 4 fully saturated rings. The fourth-order valence-electron chi connectivity index (χ4n) is 5.78. The monoisotopic (exact) mass is 383 g/mol. The molecule has 0 radical (unpaired) electrons. The summed E-state index contributed by atoms with van der Waals surface area (Å²) in [5.74, 6) is 1.51. The Morgan fingerprint density at radius 3 is 2.71 bits per heavy atom. The average Bonchev–Trinajstić information content (AvgIpc) is 2.73. The molecule has 2 heterocycles. The van der Waals surface area contributed by atoms with Crippen molar-refractivity contribution in [3.8, 4) is 5.75 Å². The molecule has 2 bridgehead atoms. The minimum atomic E-state index is -0.633. The predicted octanol–water partition coefficient (Wildman–Crippen LogP) is 2.11. The van der Waals surface area contributed by atoms with E-state index in [0.29, 0.717) is 17.2 Å². The van der Waals surface area contributed by atoms with Gasteiger partial charge < -0.3 is 19.9 Å². The molecular weight excluding hydrogens is 354 g/mol. The van der Waals surface area contributed by atoms with Gasteiger partial charge in [0, 0.05) is 44.4 Å². The molecule has 2 aliphatic heterocycles. The molecular formula is C22H29N3O3. The summed E-state index contributed by atoms with van der Waals surface area (Å²) in [6.07, 6.45) is 3.63. The van der Waals surface area contributed by atoms with E-state index in [1.54, 1.807) is 6.07 Å². The van der Waals surface area contributed by atoms with E-state index in [9.17, 15) is 9.59 Å². The number of piperazine rings is 1. The van der Waals surface area contributed by atoms with Gasteiger partial charge in [0.05, 0.1) is 5.56 Å². The predicted molar refractivity (Wildman–Crippen MR) is 105 cm³/mol. The van der Waals surface area contributed by atoms with Crippen LogP contribution in [0, 0.1) is 17.8 Å². The number of amides is 2. The second-order valence-corrected chi connectivity index (χ2v) is 8.78. The lowest BCUT2D eigenvalue weighted by molar-refractivity contribution is -0.156. The van der Waals surface area contributed by atoms with Gasteiger partial charge in [0.1, 0.15) is 5.75 Å². The van der Waals surface area contributed by atoms with E-state index in [0.717, 1.165) is 58.4 Å². The molecule has 2 amide bonds. The third-order valence-corrected chi connectivity index (χ3v) is 7.42.